The molecular weight excluding hydrogens is 534 g/mol. The summed E-state index contributed by atoms with van der Waals surface area (Å²) in [6, 6.07) is 4.78. The molecule has 1 saturated heterocycles. The predicted molar refractivity (Wildman–Crippen MR) is 122 cm³/mol. The van der Waals surface area contributed by atoms with Crippen LogP contribution in [0.1, 0.15) is 23.1 Å². The number of morpholine rings is 1. The molecule has 0 N–H and O–H groups in total. The van der Waals surface area contributed by atoms with E-state index >= 15 is 4.39 Å². The van der Waals surface area contributed by atoms with E-state index in [0.717, 1.165) is 24.1 Å². The van der Waals surface area contributed by atoms with Crippen LogP contribution < -0.4 is 10.5 Å². The molecule has 39 heavy (non-hydrogen) atoms. The largest absolute Gasteiger partial charge is 0.449 e. The fraction of sp³-hybridized carbons (Fsp3) is 0.304. The highest BCUT2D eigenvalue weighted by Crippen LogP contribution is 2.37. The smallest absolute Gasteiger partial charge is 0.329 e. The maximum absolute atomic E-state index is 15.0. The Morgan fingerprint density at radius 2 is 1.90 bits per heavy atom. The van der Waals surface area contributed by atoms with Crippen molar-refractivity contribution in [1.82, 2.24) is 29.3 Å². The normalized spacial score (nSPS) is 17.4. The van der Waals surface area contributed by atoms with E-state index in [-0.39, 0.29) is 16.7 Å². The van der Waals surface area contributed by atoms with Crippen molar-refractivity contribution in [3.05, 3.63) is 63.7 Å². The van der Waals surface area contributed by atoms with Gasteiger partial charge < -0.3 is 9.64 Å². The Kier molecular flexibility index (Phi) is 6.06. The van der Waals surface area contributed by atoms with Crippen molar-refractivity contribution in [1.29, 1.82) is 5.26 Å². The minimum absolute atomic E-state index is 0.0955. The number of hydrogen-bond donors (Lipinski definition) is 0. The lowest BCUT2D eigenvalue weighted by Crippen LogP contribution is -2.49. The number of anilines is 1. The number of halogens is 6. The second-order valence-electron chi connectivity index (χ2n) is 8.74. The molecule has 1 aromatic carbocycles. The van der Waals surface area contributed by atoms with Gasteiger partial charge in [0.25, 0.3) is 5.56 Å². The third-order valence-corrected chi connectivity index (χ3v) is 5.98. The molecule has 10 nitrogen and oxygen atoms in total. The summed E-state index contributed by atoms with van der Waals surface area (Å²) in [5.41, 5.74) is -3.36. The van der Waals surface area contributed by atoms with Crippen LogP contribution in [0, 0.1) is 17.1 Å². The van der Waals surface area contributed by atoms with E-state index < -0.39 is 70.4 Å². The number of benzene rings is 1. The van der Waals surface area contributed by atoms with Gasteiger partial charge in [-0.15, -0.1) is 0 Å². The molecule has 3 aromatic heterocycles. The van der Waals surface area contributed by atoms with Crippen molar-refractivity contribution in [2.24, 2.45) is 14.1 Å². The van der Waals surface area contributed by atoms with Gasteiger partial charge in [-0.2, -0.15) is 32.3 Å². The van der Waals surface area contributed by atoms with Crippen LogP contribution in [0.2, 0.25) is 0 Å². The van der Waals surface area contributed by atoms with Crippen molar-refractivity contribution < 1.29 is 31.1 Å². The van der Waals surface area contributed by atoms with E-state index in [9.17, 15) is 26.7 Å². The van der Waals surface area contributed by atoms with E-state index in [1.165, 1.54) is 23.1 Å². The first-order valence-corrected chi connectivity index (χ1v) is 11.1. The molecule has 1 atom stereocenters. The van der Waals surface area contributed by atoms with Crippen LogP contribution in [0.15, 0.2) is 35.4 Å². The molecule has 1 aliphatic rings. The predicted octanol–water partition coefficient (Wildman–Crippen LogP) is 3.32. The van der Waals surface area contributed by atoms with Crippen LogP contribution in [0.5, 0.6) is 0 Å². The first-order chi connectivity index (χ1) is 18.3. The number of rotatable bonds is 3. The van der Waals surface area contributed by atoms with E-state index in [2.05, 4.69) is 20.1 Å². The molecule has 1 fully saturated rings. The van der Waals surface area contributed by atoms with Gasteiger partial charge in [-0.1, -0.05) is 0 Å². The van der Waals surface area contributed by atoms with Gasteiger partial charge in [0.15, 0.2) is 5.52 Å². The topological polar surface area (TPSA) is 115 Å². The monoisotopic (exact) mass is 550 g/mol. The summed E-state index contributed by atoms with van der Waals surface area (Å²) in [5, 5.41) is 13.0. The van der Waals surface area contributed by atoms with Crippen molar-refractivity contribution in [3.8, 4) is 17.3 Å². The second kappa shape index (κ2) is 9.05. The molecule has 0 saturated carbocycles. The quantitative estimate of drug-likeness (QED) is 0.357. The lowest BCUT2D eigenvalue weighted by molar-refractivity contribution is -0.269. The third-order valence-electron chi connectivity index (χ3n) is 5.98. The summed E-state index contributed by atoms with van der Waals surface area (Å²) in [4.78, 5) is 25.6. The maximum Gasteiger partial charge on any atom is 0.449 e. The molecule has 1 aliphatic heterocycles. The Morgan fingerprint density at radius 1 is 1.15 bits per heavy atom. The van der Waals surface area contributed by atoms with E-state index in [1.807, 2.05) is 0 Å². The standard InChI is InChI=1S/C23H16F6N8O2/c1-35-8-12(7-31-35)15-9-37(10-22(25,26)39-15)21-33-16(13-4-3-11(6-30)5-14(13)24)17-18(34-21)19(38)36(2)20(32-17)23(27,28)29/h3-5,7-8,15H,9-10H2,1-2H3/t15-/m0/s1. The number of aryl methyl sites for hydroxylation is 1. The van der Waals surface area contributed by atoms with E-state index in [4.69, 9.17) is 10.00 Å². The van der Waals surface area contributed by atoms with Gasteiger partial charge in [0, 0.05) is 31.4 Å². The number of alkyl halides is 5. The number of hydrogen-bond acceptors (Lipinski definition) is 8. The van der Waals surface area contributed by atoms with Gasteiger partial charge in [-0.05, 0) is 18.2 Å². The van der Waals surface area contributed by atoms with Crippen LogP contribution in [0.4, 0.5) is 32.3 Å². The third kappa shape index (κ3) is 4.76. The minimum Gasteiger partial charge on any atom is -0.329 e. The molecular formula is C23H16F6N8O2. The molecule has 0 bridgehead atoms. The Hall–Kier alpha value is -4.52. The summed E-state index contributed by atoms with van der Waals surface area (Å²) < 4.78 is 91.8. The lowest BCUT2D eigenvalue weighted by Gasteiger charge is -2.37. The molecule has 0 aliphatic carbocycles. The van der Waals surface area contributed by atoms with Crippen molar-refractivity contribution in [2.45, 2.75) is 18.4 Å². The summed E-state index contributed by atoms with van der Waals surface area (Å²) in [5.74, 6) is -3.14. The van der Waals surface area contributed by atoms with Crippen LogP contribution in [-0.2, 0) is 25.0 Å². The lowest BCUT2D eigenvalue weighted by atomic mass is 10.1. The maximum atomic E-state index is 15.0. The zero-order valence-electron chi connectivity index (χ0n) is 20.0. The first-order valence-electron chi connectivity index (χ1n) is 11.1. The fourth-order valence-electron chi connectivity index (χ4n) is 4.20. The van der Waals surface area contributed by atoms with Crippen LogP contribution in [-0.4, -0.2) is 48.5 Å². The van der Waals surface area contributed by atoms with Gasteiger partial charge in [0.1, 0.15) is 29.7 Å². The number of nitrogens with zero attached hydrogens (tertiary/aromatic N) is 8. The molecule has 4 heterocycles. The zero-order chi connectivity index (χ0) is 28.3. The minimum atomic E-state index is -5.07. The molecule has 0 radical (unpaired) electrons. The van der Waals surface area contributed by atoms with E-state index in [0.29, 0.717) is 5.56 Å². The average molecular weight is 550 g/mol. The van der Waals surface area contributed by atoms with Gasteiger partial charge in [-0.3, -0.25) is 14.0 Å². The highest BCUT2D eigenvalue weighted by Gasteiger charge is 2.44. The van der Waals surface area contributed by atoms with Crippen molar-refractivity contribution in [2.75, 3.05) is 18.0 Å². The number of fused-ring (bicyclic) bond motifs is 1. The van der Waals surface area contributed by atoms with E-state index in [1.54, 1.807) is 13.1 Å². The Balaban J connectivity index is 1.75. The van der Waals surface area contributed by atoms with Gasteiger partial charge in [0.2, 0.25) is 11.8 Å². The van der Waals surface area contributed by atoms with Crippen LogP contribution in [0.3, 0.4) is 0 Å². The van der Waals surface area contributed by atoms with Crippen molar-refractivity contribution in [3.63, 3.8) is 0 Å². The summed E-state index contributed by atoms with van der Waals surface area (Å²) >= 11 is 0. The Labute approximate surface area is 214 Å². The first kappa shape index (κ1) is 26.1. The molecule has 0 unspecified atom stereocenters. The molecule has 202 valence electrons. The average Bonchev–Trinajstić information content (AvgIpc) is 3.30. The second-order valence-corrected chi connectivity index (χ2v) is 8.74. The Morgan fingerprint density at radius 3 is 2.51 bits per heavy atom. The number of nitriles is 1. The van der Waals surface area contributed by atoms with Gasteiger partial charge in [0.05, 0.1) is 24.4 Å². The highest BCUT2D eigenvalue weighted by molar-refractivity contribution is 5.90. The summed E-state index contributed by atoms with van der Waals surface area (Å²) in [7, 11) is 2.40. The molecule has 0 spiro atoms. The summed E-state index contributed by atoms with van der Waals surface area (Å²) in [6.45, 7) is -1.32. The van der Waals surface area contributed by atoms with Gasteiger partial charge in [-0.25, -0.2) is 19.3 Å². The van der Waals surface area contributed by atoms with Gasteiger partial charge >= 0.3 is 12.3 Å². The van der Waals surface area contributed by atoms with Crippen molar-refractivity contribution >= 4 is 17.0 Å². The van der Waals surface area contributed by atoms with Crippen LogP contribution >= 0.6 is 0 Å². The summed E-state index contributed by atoms with van der Waals surface area (Å²) in [6.07, 6.45) is -7.22. The SMILES string of the molecule is Cn1cc([C@@H]2CN(c3nc(-c4ccc(C#N)cc4F)c4nc(C(F)(F)F)n(C)c(=O)c4n3)CC(F)(F)O2)cn1. The number of aromatic nitrogens is 6. The number of ether oxygens (including phenoxy) is 1. The molecule has 16 heteroatoms. The molecule has 4 aromatic rings. The zero-order valence-corrected chi connectivity index (χ0v) is 20.0. The fourth-order valence-corrected chi connectivity index (χ4v) is 4.20. The van der Waals surface area contributed by atoms with Crippen LogP contribution in [0.25, 0.3) is 22.3 Å². The Bertz CT molecular complexity index is 1710. The molecule has 5 rings (SSSR count). The highest BCUT2D eigenvalue weighted by atomic mass is 19.4. The molecule has 0 amide bonds.